The molecule has 3 aromatic heterocycles. The Bertz CT molecular complexity index is 1440. The zero-order chi connectivity index (χ0) is 21.5. The van der Waals surface area contributed by atoms with Gasteiger partial charge in [-0.05, 0) is 36.8 Å². The predicted octanol–water partition coefficient (Wildman–Crippen LogP) is 4.96. The fraction of sp³-hybridized carbons (Fsp3) is 0.125. The summed E-state index contributed by atoms with van der Waals surface area (Å²) in [6.45, 7) is 1.90. The second kappa shape index (κ2) is 7.28. The lowest BCUT2D eigenvalue weighted by Crippen LogP contribution is -2.04. The van der Waals surface area contributed by atoms with Crippen molar-refractivity contribution >= 4 is 27.7 Å². The fourth-order valence-corrected chi connectivity index (χ4v) is 4.04. The molecule has 31 heavy (non-hydrogen) atoms. The molecule has 0 aliphatic carbocycles. The molecule has 7 heteroatoms. The smallest absolute Gasteiger partial charge is 0.240 e. The number of ketones is 1. The summed E-state index contributed by atoms with van der Waals surface area (Å²) in [6, 6.07) is 14.8. The maximum absolute atomic E-state index is 13.0. The number of fused-ring (bicyclic) bond motifs is 2. The van der Waals surface area contributed by atoms with Crippen LogP contribution in [0.3, 0.4) is 0 Å². The molecule has 3 N–H and O–H groups in total. The second-order valence-corrected chi connectivity index (χ2v) is 7.38. The van der Waals surface area contributed by atoms with Crippen LogP contribution in [-0.2, 0) is 0 Å². The van der Waals surface area contributed by atoms with Crippen molar-refractivity contribution in [1.82, 2.24) is 19.5 Å². The van der Waals surface area contributed by atoms with Crippen LogP contribution >= 0.6 is 0 Å². The molecule has 0 unspecified atom stereocenters. The van der Waals surface area contributed by atoms with E-state index in [0.717, 1.165) is 21.9 Å². The zero-order valence-electron chi connectivity index (χ0n) is 16.8. The number of nitrogens with zero attached hydrogens (tertiary/aromatic N) is 3. The number of H-pyrrole nitrogens is 1. The zero-order valence-corrected chi connectivity index (χ0v) is 16.8. The topological polar surface area (TPSA) is 104 Å². The van der Waals surface area contributed by atoms with Crippen molar-refractivity contribution in [1.29, 1.82) is 0 Å². The van der Waals surface area contributed by atoms with Gasteiger partial charge in [-0.2, -0.15) is 0 Å². The fourth-order valence-electron chi connectivity index (χ4n) is 4.04. The lowest BCUT2D eigenvalue weighted by molar-refractivity contribution is 0.0980. The molecule has 0 fully saturated rings. The molecule has 0 saturated heterocycles. The Labute approximate surface area is 177 Å². The first-order valence-electron chi connectivity index (χ1n) is 10.1. The summed E-state index contributed by atoms with van der Waals surface area (Å²) in [7, 11) is 0. The summed E-state index contributed by atoms with van der Waals surface area (Å²) in [5.41, 5.74) is 4.15. The van der Waals surface area contributed by atoms with Crippen LogP contribution in [0.15, 0.2) is 61.1 Å². The van der Waals surface area contributed by atoms with E-state index in [0.29, 0.717) is 23.4 Å². The van der Waals surface area contributed by atoms with Crippen molar-refractivity contribution in [3.8, 4) is 28.6 Å². The van der Waals surface area contributed by atoms with Crippen molar-refractivity contribution in [3.05, 3.63) is 66.6 Å². The van der Waals surface area contributed by atoms with Gasteiger partial charge in [0.1, 0.15) is 0 Å². The Morgan fingerprint density at radius 1 is 1.06 bits per heavy atom. The van der Waals surface area contributed by atoms with Crippen LogP contribution in [0.1, 0.15) is 30.1 Å². The van der Waals surface area contributed by atoms with Crippen LogP contribution in [0.2, 0.25) is 0 Å². The van der Waals surface area contributed by atoms with E-state index in [1.807, 2.05) is 43.3 Å². The third-order valence-corrected chi connectivity index (χ3v) is 5.44. The SMILES string of the molecule is CCCC(=O)c1c(O)c(O)n(-c2ccc3nc[nH]c3c2)c1-c1ccnc2ccccc12. The molecule has 154 valence electrons. The number of carbonyl (C=O) groups is 1. The van der Waals surface area contributed by atoms with Crippen molar-refractivity contribution in [2.45, 2.75) is 19.8 Å². The summed E-state index contributed by atoms with van der Waals surface area (Å²) >= 11 is 0. The van der Waals surface area contributed by atoms with Crippen LogP contribution in [0.5, 0.6) is 11.6 Å². The molecule has 5 rings (SSSR count). The monoisotopic (exact) mass is 412 g/mol. The first-order chi connectivity index (χ1) is 15.1. The van der Waals surface area contributed by atoms with Crippen LogP contribution in [-0.4, -0.2) is 35.5 Å². The van der Waals surface area contributed by atoms with Gasteiger partial charge in [-0.15, -0.1) is 0 Å². The normalized spacial score (nSPS) is 11.4. The minimum absolute atomic E-state index is 0.111. The third kappa shape index (κ3) is 2.93. The number of nitrogens with one attached hydrogen (secondary N) is 1. The van der Waals surface area contributed by atoms with Gasteiger partial charge in [0.05, 0.1) is 39.8 Å². The van der Waals surface area contributed by atoms with E-state index in [2.05, 4.69) is 15.0 Å². The summed E-state index contributed by atoms with van der Waals surface area (Å²) in [5, 5.41) is 22.6. The van der Waals surface area contributed by atoms with Crippen molar-refractivity contribution in [3.63, 3.8) is 0 Å². The Hall–Kier alpha value is -4.13. The highest BCUT2D eigenvalue weighted by molar-refractivity contribution is 6.09. The number of imidazole rings is 1. The molecule has 0 aliphatic rings. The summed E-state index contributed by atoms with van der Waals surface area (Å²) < 4.78 is 1.51. The predicted molar refractivity (Wildman–Crippen MR) is 119 cm³/mol. The van der Waals surface area contributed by atoms with Gasteiger partial charge in [0, 0.05) is 23.6 Å². The van der Waals surface area contributed by atoms with Crippen LogP contribution in [0, 0.1) is 0 Å². The molecule has 0 spiro atoms. The maximum Gasteiger partial charge on any atom is 0.240 e. The molecule has 3 heterocycles. The molecule has 0 aliphatic heterocycles. The molecular weight excluding hydrogens is 392 g/mol. The molecule has 2 aromatic carbocycles. The van der Waals surface area contributed by atoms with Crippen molar-refractivity contribution in [2.24, 2.45) is 0 Å². The largest absolute Gasteiger partial charge is 0.503 e. The van der Waals surface area contributed by atoms with Crippen molar-refractivity contribution in [2.75, 3.05) is 0 Å². The second-order valence-electron chi connectivity index (χ2n) is 7.38. The quantitative estimate of drug-likeness (QED) is 0.354. The Kier molecular flexibility index (Phi) is 4.43. The number of rotatable bonds is 5. The average molecular weight is 412 g/mol. The first-order valence-corrected chi connectivity index (χ1v) is 10.1. The van der Waals surface area contributed by atoms with E-state index >= 15 is 0 Å². The molecular formula is C24H20N4O3. The number of benzene rings is 2. The minimum Gasteiger partial charge on any atom is -0.503 e. The molecule has 0 saturated carbocycles. The van der Waals surface area contributed by atoms with E-state index < -0.39 is 5.75 Å². The molecule has 7 nitrogen and oxygen atoms in total. The van der Waals surface area contributed by atoms with E-state index in [1.54, 1.807) is 24.7 Å². The number of hydrogen-bond acceptors (Lipinski definition) is 5. The Morgan fingerprint density at radius 2 is 1.90 bits per heavy atom. The van der Waals surface area contributed by atoms with Gasteiger partial charge in [-0.3, -0.25) is 14.3 Å². The Morgan fingerprint density at radius 3 is 2.74 bits per heavy atom. The van der Waals surface area contributed by atoms with Gasteiger partial charge < -0.3 is 15.2 Å². The van der Waals surface area contributed by atoms with Crippen LogP contribution in [0.4, 0.5) is 0 Å². The van der Waals surface area contributed by atoms with Gasteiger partial charge in [0.25, 0.3) is 0 Å². The molecule has 0 atom stereocenters. The number of pyridine rings is 1. The molecule has 5 aromatic rings. The maximum atomic E-state index is 13.0. The van der Waals surface area contributed by atoms with Crippen LogP contribution in [0.25, 0.3) is 38.9 Å². The van der Waals surface area contributed by atoms with E-state index in [4.69, 9.17) is 0 Å². The summed E-state index contributed by atoms with van der Waals surface area (Å²) in [6.07, 6.45) is 4.14. The third-order valence-electron chi connectivity index (χ3n) is 5.44. The molecule has 0 bridgehead atoms. The number of aromatic nitrogens is 4. The van der Waals surface area contributed by atoms with Crippen molar-refractivity contribution < 1.29 is 15.0 Å². The van der Waals surface area contributed by atoms with E-state index in [-0.39, 0.29) is 23.6 Å². The highest BCUT2D eigenvalue weighted by Crippen LogP contribution is 2.45. The van der Waals surface area contributed by atoms with Gasteiger partial charge in [-0.25, -0.2) is 4.98 Å². The van der Waals surface area contributed by atoms with Crippen LogP contribution < -0.4 is 0 Å². The van der Waals surface area contributed by atoms with Gasteiger partial charge >= 0.3 is 0 Å². The first kappa shape index (κ1) is 18.9. The summed E-state index contributed by atoms with van der Waals surface area (Å²) in [4.78, 5) is 24.7. The lowest BCUT2D eigenvalue weighted by Gasteiger charge is -2.14. The number of para-hydroxylation sites is 1. The molecule has 0 radical (unpaired) electrons. The number of aromatic hydroxyl groups is 2. The summed E-state index contributed by atoms with van der Waals surface area (Å²) in [5.74, 6) is -1.03. The number of carbonyl (C=O) groups excluding carboxylic acids is 1. The molecule has 0 amide bonds. The highest BCUT2D eigenvalue weighted by Gasteiger charge is 2.29. The highest BCUT2D eigenvalue weighted by atomic mass is 16.3. The standard InChI is InChI=1S/C24H20N4O3/c1-2-5-20(29)21-22(16-10-11-25-17-7-4-3-6-15(16)17)28(24(31)23(21)30)14-8-9-18-19(12-14)27-13-26-18/h3-4,6-13,30-31H,2,5H2,1H3,(H,26,27). The van der Waals surface area contributed by atoms with Gasteiger partial charge in [0.15, 0.2) is 11.5 Å². The minimum atomic E-state index is -0.418. The average Bonchev–Trinajstić information content (AvgIpc) is 3.35. The number of Topliss-reactive ketones (excluding diaryl/α,β-unsaturated/α-hetero) is 1. The van der Waals surface area contributed by atoms with Gasteiger partial charge in [0.2, 0.25) is 5.88 Å². The van der Waals surface area contributed by atoms with E-state index in [9.17, 15) is 15.0 Å². The van der Waals surface area contributed by atoms with E-state index in [1.165, 1.54) is 4.57 Å². The Balaban J connectivity index is 1.88. The van der Waals surface area contributed by atoms with Gasteiger partial charge in [-0.1, -0.05) is 25.1 Å². The lowest BCUT2D eigenvalue weighted by atomic mass is 9.99. The number of aromatic amines is 1. The number of hydrogen-bond donors (Lipinski definition) is 3.